The molecule has 0 saturated heterocycles. The lowest BCUT2D eigenvalue weighted by molar-refractivity contribution is -0.137. The Kier molecular flexibility index (Phi) is 5.40. The van der Waals surface area contributed by atoms with E-state index in [2.05, 4.69) is 4.98 Å². The normalized spacial score (nSPS) is 11.3. The number of para-hydroxylation sites is 1. The average molecular weight is 380 g/mol. The molecule has 1 heterocycles. The van der Waals surface area contributed by atoms with Gasteiger partial charge in [0.25, 0.3) is 5.56 Å². The van der Waals surface area contributed by atoms with Gasteiger partial charge in [-0.25, -0.2) is 14.2 Å². The summed E-state index contributed by atoms with van der Waals surface area (Å²) in [7, 11) is 0. The fraction of sp³-hybridized carbons (Fsp3) is 0.227. The van der Waals surface area contributed by atoms with Gasteiger partial charge in [-0.1, -0.05) is 18.2 Å². The largest absolute Gasteiger partial charge is 0.463 e. The second kappa shape index (κ2) is 7.76. The van der Waals surface area contributed by atoms with Crippen molar-refractivity contribution < 1.29 is 13.9 Å². The molecule has 3 aromatic rings. The summed E-state index contributed by atoms with van der Waals surface area (Å²) in [5, 5.41) is 0.276. The molecular formula is C22H21FN2O3. The molecule has 0 aliphatic carbocycles. The highest BCUT2D eigenvalue weighted by molar-refractivity contribution is 5.88. The first-order chi connectivity index (χ1) is 13.3. The number of rotatable bonds is 4. The molecule has 0 saturated carbocycles. The fourth-order valence-electron chi connectivity index (χ4n) is 3.23. The molecule has 0 fully saturated rings. The predicted octanol–water partition coefficient (Wildman–Crippen LogP) is 4.03. The SMILES string of the molecule is CCOC(=O)C=Cc1cc2c(=O)n(-c3c(C)cccc3C)c(C)nc2cc1F. The minimum atomic E-state index is -0.572. The van der Waals surface area contributed by atoms with Crippen LogP contribution in [0.5, 0.6) is 0 Å². The monoisotopic (exact) mass is 380 g/mol. The number of carbonyl (C=O) groups is 1. The predicted molar refractivity (Wildman–Crippen MR) is 107 cm³/mol. The van der Waals surface area contributed by atoms with Crippen molar-refractivity contribution in [2.45, 2.75) is 27.7 Å². The summed E-state index contributed by atoms with van der Waals surface area (Å²) in [6.45, 7) is 7.49. The average Bonchev–Trinajstić information content (AvgIpc) is 2.63. The minimum Gasteiger partial charge on any atom is -0.463 e. The summed E-state index contributed by atoms with van der Waals surface area (Å²) in [5.41, 5.74) is 2.76. The third-order valence-electron chi connectivity index (χ3n) is 4.50. The smallest absolute Gasteiger partial charge is 0.330 e. The summed E-state index contributed by atoms with van der Waals surface area (Å²) in [6.07, 6.45) is 2.44. The van der Waals surface area contributed by atoms with Crippen LogP contribution in [0.2, 0.25) is 0 Å². The van der Waals surface area contributed by atoms with Crippen molar-refractivity contribution in [1.29, 1.82) is 0 Å². The van der Waals surface area contributed by atoms with Gasteiger partial charge in [-0.05, 0) is 51.0 Å². The van der Waals surface area contributed by atoms with Gasteiger partial charge in [0, 0.05) is 17.7 Å². The fourth-order valence-corrected chi connectivity index (χ4v) is 3.23. The van der Waals surface area contributed by atoms with Crippen molar-refractivity contribution in [3.05, 3.63) is 75.1 Å². The molecule has 3 rings (SSSR count). The van der Waals surface area contributed by atoms with E-state index in [1.165, 1.54) is 18.2 Å². The quantitative estimate of drug-likeness (QED) is 0.507. The summed E-state index contributed by atoms with van der Waals surface area (Å²) >= 11 is 0. The molecule has 2 aromatic carbocycles. The van der Waals surface area contributed by atoms with Crippen molar-refractivity contribution in [2.75, 3.05) is 6.61 Å². The van der Waals surface area contributed by atoms with E-state index in [0.29, 0.717) is 5.82 Å². The van der Waals surface area contributed by atoms with E-state index in [1.54, 1.807) is 18.4 Å². The summed E-state index contributed by atoms with van der Waals surface area (Å²) in [4.78, 5) is 29.2. The Morgan fingerprint density at radius 2 is 1.89 bits per heavy atom. The number of carbonyl (C=O) groups excluding carboxylic acids is 1. The van der Waals surface area contributed by atoms with Crippen LogP contribution in [0.15, 0.2) is 41.2 Å². The standard InChI is InChI=1S/C22H21FN2O3/c1-5-28-20(26)10-9-16-11-17-19(12-18(16)23)24-15(4)25(22(17)27)21-13(2)7-6-8-14(21)3/h6-12H,5H2,1-4H3. The molecule has 0 spiro atoms. The zero-order chi connectivity index (χ0) is 20.4. The van der Waals surface area contributed by atoms with Crippen LogP contribution in [0, 0.1) is 26.6 Å². The Morgan fingerprint density at radius 3 is 2.54 bits per heavy atom. The molecule has 0 radical (unpaired) electrons. The molecule has 0 atom stereocenters. The van der Waals surface area contributed by atoms with E-state index in [4.69, 9.17) is 4.74 Å². The molecule has 0 bridgehead atoms. The lowest BCUT2D eigenvalue weighted by Crippen LogP contribution is -2.24. The Morgan fingerprint density at radius 1 is 1.21 bits per heavy atom. The van der Waals surface area contributed by atoms with Crippen LogP contribution in [-0.2, 0) is 9.53 Å². The van der Waals surface area contributed by atoms with Gasteiger partial charge in [0.2, 0.25) is 0 Å². The van der Waals surface area contributed by atoms with Crippen LogP contribution in [0.1, 0.15) is 29.4 Å². The van der Waals surface area contributed by atoms with Gasteiger partial charge >= 0.3 is 5.97 Å². The first-order valence-electron chi connectivity index (χ1n) is 8.97. The maximum Gasteiger partial charge on any atom is 0.330 e. The van der Waals surface area contributed by atoms with Gasteiger partial charge < -0.3 is 4.74 Å². The van der Waals surface area contributed by atoms with Crippen LogP contribution in [0.3, 0.4) is 0 Å². The summed E-state index contributed by atoms with van der Waals surface area (Å²) < 4.78 is 20.8. The Labute approximate surface area is 162 Å². The van der Waals surface area contributed by atoms with Gasteiger partial charge in [-0.3, -0.25) is 9.36 Å². The highest BCUT2D eigenvalue weighted by Crippen LogP contribution is 2.22. The zero-order valence-electron chi connectivity index (χ0n) is 16.2. The van der Waals surface area contributed by atoms with E-state index < -0.39 is 11.8 Å². The van der Waals surface area contributed by atoms with Crippen LogP contribution in [0.25, 0.3) is 22.7 Å². The summed E-state index contributed by atoms with van der Waals surface area (Å²) in [6, 6.07) is 8.41. The molecule has 1 aromatic heterocycles. The Hall–Kier alpha value is -3.28. The van der Waals surface area contributed by atoms with E-state index in [1.807, 2.05) is 32.0 Å². The van der Waals surface area contributed by atoms with Crippen LogP contribution >= 0.6 is 0 Å². The number of benzene rings is 2. The van der Waals surface area contributed by atoms with Gasteiger partial charge in [-0.2, -0.15) is 0 Å². The molecule has 6 heteroatoms. The van der Waals surface area contributed by atoms with Crippen molar-refractivity contribution >= 4 is 22.9 Å². The molecule has 144 valence electrons. The Bertz CT molecular complexity index is 1140. The van der Waals surface area contributed by atoms with Gasteiger partial charge in [0.1, 0.15) is 11.6 Å². The van der Waals surface area contributed by atoms with E-state index in [0.717, 1.165) is 22.9 Å². The number of esters is 1. The molecule has 28 heavy (non-hydrogen) atoms. The number of aromatic nitrogens is 2. The maximum atomic E-state index is 14.4. The first-order valence-corrected chi connectivity index (χ1v) is 8.97. The second-order valence-corrected chi connectivity index (χ2v) is 6.52. The van der Waals surface area contributed by atoms with Crippen molar-refractivity contribution in [2.24, 2.45) is 0 Å². The number of halogens is 1. The van der Waals surface area contributed by atoms with Crippen molar-refractivity contribution in [3.63, 3.8) is 0 Å². The molecule has 0 amide bonds. The topological polar surface area (TPSA) is 61.2 Å². The van der Waals surface area contributed by atoms with Gasteiger partial charge in [-0.15, -0.1) is 0 Å². The van der Waals surface area contributed by atoms with E-state index >= 15 is 0 Å². The number of aryl methyl sites for hydroxylation is 3. The number of hydrogen-bond donors (Lipinski definition) is 0. The van der Waals surface area contributed by atoms with E-state index in [9.17, 15) is 14.0 Å². The number of nitrogens with zero attached hydrogens (tertiary/aromatic N) is 2. The molecule has 0 N–H and O–H groups in total. The van der Waals surface area contributed by atoms with Gasteiger partial charge in [0.15, 0.2) is 0 Å². The summed E-state index contributed by atoms with van der Waals surface area (Å²) in [5.74, 6) is -0.662. The third kappa shape index (κ3) is 3.58. The third-order valence-corrected chi connectivity index (χ3v) is 4.50. The van der Waals surface area contributed by atoms with Crippen LogP contribution in [-0.4, -0.2) is 22.1 Å². The maximum absolute atomic E-state index is 14.4. The molecular weight excluding hydrogens is 359 g/mol. The second-order valence-electron chi connectivity index (χ2n) is 6.52. The zero-order valence-corrected chi connectivity index (χ0v) is 16.2. The Balaban J connectivity index is 2.23. The van der Waals surface area contributed by atoms with Crippen LogP contribution in [0.4, 0.5) is 4.39 Å². The number of ether oxygens (including phenoxy) is 1. The van der Waals surface area contributed by atoms with E-state index in [-0.39, 0.29) is 28.6 Å². The lowest BCUT2D eigenvalue weighted by atomic mass is 10.1. The van der Waals surface area contributed by atoms with Crippen molar-refractivity contribution in [3.8, 4) is 5.69 Å². The molecule has 0 aliphatic heterocycles. The number of hydrogen-bond acceptors (Lipinski definition) is 4. The molecule has 0 aliphatic rings. The minimum absolute atomic E-state index is 0.122. The number of fused-ring (bicyclic) bond motifs is 1. The molecule has 0 unspecified atom stereocenters. The lowest BCUT2D eigenvalue weighted by Gasteiger charge is -2.16. The van der Waals surface area contributed by atoms with Crippen molar-refractivity contribution in [1.82, 2.24) is 9.55 Å². The van der Waals surface area contributed by atoms with Crippen LogP contribution < -0.4 is 5.56 Å². The molecule has 5 nitrogen and oxygen atoms in total. The van der Waals surface area contributed by atoms with Gasteiger partial charge in [0.05, 0.1) is 23.2 Å². The first kappa shape index (κ1) is 19.5. The highest BCUT2D eigenvalue weighted by Gasteiger charge is 2.15. The highest BCUT2D eigenvalue weighted by atomic mass is 19.1.